The first kappa shape index (κ1) is 18.9. The van der Waals surface area contributed by atoms with Gasteiger partial charge in [0.1, 0.15) is 0 Å². The van der Waals surface area contributed by atoms with Gasteiger partial charge in [-0.3, -0.25) is 0 Å². The van der Waals surface area contributed by atoms with Gasteiger partial charge >= 0.3 is 0 Å². The van der Waals surface area contributed by atoms with E-state index in [0.29, 0.717) is 6.61 Å². The Kier molecular flexibility index (Phi) is 9.48. The third-order valence-corrected chi connectivity index (χ3v) is 9.32. The van der Waals surface area contributed by atoms with E-state index in [1.54, 1.807) is 0 Å². The number of ether oxygens (including phenoxy) is 2. The minimum absolute atomic E-state index is 0.0459. The van der Waals surface area contributed by atoms with Gasteiger partial charge in [0.05, 0.1) is 12.7 Å². The Morgan fingerprint density at radius 1 is 1.10 bits per heavy atom. The highest BCUT2D eigenvalue weighted by atomic mass is 28.4. The SMILES string of the molecule is CCC1C=CCOC(CCCCO[Si](CC)(CC)CC)O1. The minimum atomic E-state index is -1.40. The lowest BCUT2D eigenvalue weighted by Gasteiger charge is -2.28. The summed E-state index contributed by atoms with van der Waals surface area (Å²) in [6.45, 7) is 10.6. The highest BCUT2D eigenvalue weighted by Crippen LogP contribution is 2.22. The maximum Gasteiger partial charge on any atom is 0.191 e. The van der Waals surface area contributed by atoms with Gasteiger partial charge in [0.2, 0.25) is 0 Å². The fourth-order valence-electron chi connectivity index (χ4n) is 2.79. The summed E-state index contributed by atoms with van der Waals surface area (Å²) < 4.78 is 17.9. The van der Waals surface area contributed by atoms with Crippen molar-refractivity contribution in [2.45, 2.75) is 83.9 Å². The normalized spacial score (nSPS) is 23.2. The van der Waals surface area contributed by atoms with Gasteiger partial charge in [-0.1, -0.05) is 39.8 Å². The van der Waals surface area contributed by atoms with Crippen molar-refractivity contribution in [3.05, 3.63) is 12.2 Å². The molecule has 2 unspecified atom stereocenters. The van der Waals surface area contributed by atoms with Crippen molar-refractivity contribution >= 4 is 8.32 Å². The van der Waals surface area contributed by atoms with Crippen LogP contribution in [0, 0.1) is 0 Å². The fourth-order valence-corrected chi connectivity index (χ4v) is 5.48. The minimum Gasteiger partial charge on any atom is -0.417 e. The van der Waals surface area contributed by atoms with E-state index in [0.717, 1.165) is 32.3 Å². The van der Waals surface area contributed by atoms with Crippen LogP contribution in [-0.2, 0) is 13.9 Å². The van der Waals surface area contributed by atoms with Crippen LogP contribution in [0.4, 0.5) is 0 Å². The van der Waals surface area contributed by atoms with Gasteiger partial charge in [-0.15, -0.1) is 0 Å². The molecule has 1 aliphatic rings. The topological polar surface area (TPSA) is 27.7 Å². The zero-order valence-corrected chi connectivity index (χ0v) is 15.4. The Balaban J connectivity index is 2.19. The third kappa shape index (κ3) is 6.64. The second-order valence-electron chi connectivity index (χ2n) is 5.86. The van der Waals surface area contributed by atoms with E-state index in [-0.39, 0.29) is 12.4 Å². The predicted molar refractivity (Wildman–Crippen MR) is 91.0 cm³/mol. The molecule has 0 aromatic heterocycles. The van der Waals surface area contributed by atoms with Gasteiger partial charge in [-0.2, -0.15) is 0 Å². The maximum atomic E-state index is 6.28. The average Bonchev–Trinajstić information content (AvgIpc) is 2.76. The molecule has 0 aliphatic carbocycles. The lowest BCUT2D eigenvalue weighted by Crippen LogP contribution is -2.36. The maximum absolute atomic E-state index is 6.28. The lowest BCUT2D eigenvalue weighted by atomic mass is 10.2. The standard InChI is InChI=1S/C17H34O3Si/c1-5-16-12-11-14-18-17(20-16)13-9-10-15-19-21(6-2,7-3)8-4/h11-12,16-17H,5-10,13-15H2,1-4H3. The van der Waals surface area contributed by atoms with E-state index in [4.69, 9.17) is 13.9 Å². The molecule has 0 aromatic carbocycles. The molecule has 3 nitrogen and oxygen atoms in total. The number of hydrogen-bond acceptors (Lipinski definition) is 3. The Hall–Kier alpha value is -0.163. The third-order valence-electron chi connectivity index (χ3n) is 4.63. The van der Waals surface area contributed by atoms with E-state index in [2.05, 4.69) is 39.8 Å². The second kappa shape index (κ2) is 10.5. The van der Waals surface area contributed by atoms with Gasteiger partial charge in [-0.05, 0) is 43.8 Å². The molecule has 1 aliphatic heterocycles. The van der Waals surface area contributed by atoms with Gasteiger partial charge in [0.25, 0.3) is 0 Å². The van der Waals surface area contributed by atoms with Crippen LogP contribution in [0.1, 0.15) is 53.4 Å². The van der Waals surface area contributed by atoms with Crippen molar-refractivity contribution in [2.24, 2.45) is 0 Å². The smallest absolute Gasteiger partial charge is 0.191 e. The van der Waals surface area contributed by atoms with E-state index in [9.17, 15) is 0 Å². The van der Waals surface area contributed by atoms with Crippen LogP contribution >= 0.6 is 0 Å². The Labute approximate surface area is 132 Å². The van der Waals surface area contributed by atoms with Crippen LogP contribution in [-0.4, -0.2) is 33.9 Å². The highest BCUT2D eigenvalue weighted by Gasteiger charge is 2.28. The van der Waals surface area contributed by atoms with E-state index >= 15 is 0 Å². The Morgan fingerprint density at radius 3 is 2.43 bits per heavy atom. The molecule has 1 rings (SSSR count). The zero-order chi connectivity index (χ0) is 15.6. The number of hydrogen-bond donors (Lipinski definition) is 0. The van der Waals surface area contributed by atoms with E-state index < -0.39 is 8.32 Å². The summed E-state index contributed by atoms with van der Waals surface area (Å²) in [5.41, 5.74) is 0. The molecule has 2 atom stereocenters. The molecule has 4 heteroatoms. The van der Waals surface area contributed by atoms with Gasteiger partial charge in [0.15, 0.2) is 14.6 Å². The quantitative estimate of drug-likeness (QED) is 0.326. The first-order valence-corrected chi connectivity index (χ1v) is 11.3. The summed E-state index contributed by atoms with van der Waals surface area (Å²) in [7, 11) is -1.40. The van der Waals surface area contributed by atoms with E-state index in [1.165, 1.54) is 18.1 Å². The molecule has 21 heavy (non-hydrogen) atoms. The summed E-state index contributed by atoms with van der Waals surface area (Å²) in [6.07, 6.45) is 8.57. The lowest BCUT2D eigenvalue weighted by molar-refractivity contribution is -0.152. The molecule has 0 aromatic rings. The summed E-state index contributed by atoms with van der Waals surface area (Å²) in [6, 6.07) is 3.70. The molecule has 0 saturated carbocycles. The Bertz CT molecular complexity index is 281. The van der Waals surface area contributed by atoms with Crippen LogP contribution in [0.25, 0.3) is 0 Å². The fraction of sp³-hybridized carbons (Fsp3) is 0.882. The van der Waals surface area contributed by atoms with Crippen LogP contribution in [0.3, 0.4) is 0 Å². The molecule has 0 fully saturated rings. The molecular formula is C17H34O3Si. The molecule has 1 heterocycles. The van der Waals surface area contributed by atoms with Crippen molar-refractivity contribution < 1.29 is 13.9 Å². The van der Waals surface area contributed by atoms with Gasteiger partial charge < -0.3 is 13.9 Å². The van der Waals surface area contributed by atoms with Crippen LogP contribution < -0.4 is 0 Å². The summed E-state index contributed by atoms with van der Waals surface area (Å²) in [4.78, 5) is 0. The molecule has 0 bridgehead atoms. The van der Waals surface area contributed by atoms with Gasteiger partial charge in [-0.25, -0.2) is 0 Å². The molecule has 0 radical (unpaired) electrons. The van der Waals surface area contributed by atoms with Crippen LogP contribution in [0.15, 0.2) is 12.2 Å². The zero-order valence-electron chi connectivity index (χ0n) is 14.4. The molecular weight excluding hydrogens is 280 g/mol. The largest absolute Gasteiger partial charge is 0.417 e. The second-order valence-corrected chi connectivity index (χ2v) is 10.6. The van der Waals surface area contributed by atoms with E-state index in [1.807, 2.05) is 0 Å². The van der Waals surface area contributed by atoms with Crippen molar-refractivity contribution in [1.29, 1.82) is 0 Å². The molecule has 124 valence electrons. The van der Waals surface area contributed by atoms with Gasteiger partial charge in [0, 0.05) is 6.61 Å². The predicted octanol–water partition coefficient (Wildman–Crippen LogP) is 4.89. The average molecular weight is 315 g/mol. The molecule has 0 N–H and O–H groups in total. The number of unbranched alkanes of at least 4 members (excludes halogenated alkanes) is 1. The summed E-state index contributed by atoms with van der Waals surface area (Å²) >= 11 is 0. The monoisotopic (exact) mass is 314 g/mol. The summed E-state index contributed by atoms with van der Waals surface area (Å²) in [5.74, 6) is 0. The van der Waals surface area contributed by atoms with Crippen LogP contribution in [0.5, 0.6) is 0 Å². The highest BCUT2D eigenvalue weighted by molar-refractivity contribution is 6.73. The summed E-state index contributed by atoms with van der Waals surface area (Å²) in [5, 5.41) is 0. The molecule has 0 amide bonds. The van der Waals surface area contributed by atoms with Crippen LogP contribution in [0.2, 0.25) is 18.1 Å². The molecule has 0 saturated heterocycles. The van der Waals surface area contributed by atoms with Crippen molar-refractivity contribution in [3.63, 3.8) is 0 Å². The number of rotatable bonds is 10. The Morgan fingerprint density at radius 2 is 1.81 bits per heavy atom. The van der Waals surface area contributed by atoms with Crippen molar-refractivity contribution in [3.8, 4) is 0 Å². The molecule has 0 spiro atoms. The van der Waals surface area contributed by atoms with Crippen molar-refractivity contribution in [1.82, 2.24) is 0 Å². The first-order valence-electron chi connectivity index (χ1n) is 8.77. The van der Waals surface area contributed by atoms with Crippen molar-refractivity contribution in [2.75, 3.05) is 13.2 Å². The first-order chi connectivity index (χ1) is 10.2.